The summed E-state index contributed by atoms with van der Waals surface area (Å²) in [7, 11) is 0. The van der Waals surface area contributed by atoms with Crippen LogP contribution >= 0.6 is 11.8 Å². The summed E-state index contributed by atoms with van der Waals surface area (Å²) in [5.74, 6) is 0. The van der Waals surface area contributed by atoms with Gasteiger partial charge in [0.2, 0.25) is 0 Å². The third-order valence-corrected chi connectivity index (χ3v) is 4.21. The lowest BCUT2D eigenvalue weighted by molar-refractivity contribution is 0.218. The molecule has 0 saturated heterocycles. The van der Waals surface area contributed by atoms with Crippen LogP contribution in [0.2, 0.25) is 0 Å². The lowest BCUT2D eigenvalue weighted by Crippen LogP contribution is -2.21. The van der Waals surface area contributed by atoms with E-state index in [0.29, 0.717) is 0 Å². The second-order valence-corrected chi connectivity index (χ2v) is 6.26. The molecule has 1 nitrogen and oxygen atoms in total. The number of hydrogen-bond donors (Lipinski definition) is 1. The Morgan fingerprint density at radius 3 is 2.33 bits per heavy atom. The van der Waals surface area contributed by atoms with Crippen LogP contribution in [0.4, 0.5) is 0 Å². The molecule has 0 unspecified atom stereocenters. The second kappa shape index (κ2) is 4.18. The van der Waals surface area contributed by atoms with E-state index in [4.69, 9.17) is 0 Å². The Bertz CT molecular complexity index is 325. The number of rotatable bonds is 4. The van der Waals surface area contributed by atoms with E-state index in [2.05, 4.69) is 38.1 Å². The van der Waals surface area contributed by atoms with Gasteiger partial charge < -0.3 is 5.11 Å². The van der Waals surface area contributed by atoms with Crippen LogP contribution in [0.1, 0.15) is 32.3 Å². The summed E-state index contributed by atoms with van der Waals surface area (Å²) in [6.45, 7) is 4.33. The predicted octanol–water partition coefficient (Wildman–Crippen LogP) is 3.21. The number of hydrogen-bond acceptors (Lipinski definition) is 2. The Balaban J connectivity index is 2.08. The smallest absolute Gasteiger partial charge is 0.0522 e. The van der Waals surface area contributed by atoms with Crippen LogP contribution in [-0.2, 0) is 5.41 Å². The van der Waals surface area contributed by atoms with Gasteiger partial charge in [-0.05, 0) is 30.5 Å². The molecule has 0 amide bonds. The standard InChI is InChI=1S/C13H18OS/c1-13(2,9-14)10-3-5-11(6-4-10)15-12-7-8-12/h3-6,12,14H,7-9H2,1-2H3. The van der Waals surface area contributed by atoms with E-state index in [1.165, 1.54) is 23.3 Å². The minimum absolute atomic E-state index is 0.122. The normalized spacial score (nSPS) is 16.7. The molecule has 1 saturated carbocycles. The van der Waals surface area contributed by atoms with Crippen LogP contribution in [0.25, 0.3) is 0 Å². The molecule has 1 fully saturated rings. The van der Waals surface area contributed by atoms with E-state index in [1.54, 1.807) is 0 Å². The van der Waals surface area contributed by atoms with E-state index in [0.717, 1.165) is 5.25 Å². The number of aliphatic hydroxyl groups is 1. The highest BCUT2D eigenvalue weighted by Crippen LogP contribution is 2.39. The average molecular weight is 222 g/mol. The van der Waals surface area contributed by atoms with Gasteiger partial charge in [-0.3, -0.25) is 0 Å². The highest BCUT2D eigenvalue weighted by atomic mass is 32.2. The summed E-state index contributed by atoms with van der Waals surface area (Å²) in [5.41, 5.74) is 1.09. The molecular formula is C13H18OS. The van der Waals surface area contributed by atoms with Crippen molar-refractivity contribution in [3.8, 4) is 0 Å². The molecule has 1 aliphatic rings. The van der Waals surface area contributed by atoms with Crippen molar-refractivity contribution in [3.05, 3.63) is 29.8 Å². The molecule has 0 radical (unpaired) electrons. The van der Waals surface area contributed by atoms with Crippen LogP contribution in [0, 0.1) is 0 Å². The molecular weight excluding hydrogens is 204 g/mol. The van der Waals surface area contributed by atoms with E-state index in [1.807, 2.05) is 11.8 Å². The molecule has 82 valence electrons. The van der Waals surface area contributed by atoms with Crippen molar-refractivity contribution in [1.29, 1.82) is 0 Å². The number of thioether (sulfide) groups is 1. The summed E-state index contributed by atoms with van der Waals surface area (Å²) < 4.78 is 0. The minimum Gasteiger partial charge on any atom is -0.395 e. The van der Waals surface area contributed by atoms with Crippen LogP contribution in [0.5, 0.6) is 0 Å². The van der Waals surface area contributed by atoms with Gasteiger partial charge in [0.1, 0.15) is 0 Å². The second-order valence-electron chi connectivity index (χ2n) is 4.88. The van der Waals surface area contributed by atoms with Crippen LogP contribution in [0.15, 0.2) is 29.2 Å². The molecule has 2 heteroatoms. The molecule has 0 spiro atoms. The van der Waals surface area contributed by atoms with Gasteiger partial charge in [0, 0.05) is 15.6 Å². The third kappa shape index (κ3) is 2.76. The van der Waals surface area contributed by atoms with Crippen LogP contribution < -0.4 is 0 Å². The summed E-state index contributed by atoms with van der Waals surface area (Å²) in [4.78, 5) is 1.36. The number of aliphatic hydroxyl groups excluding tert-OH is 1. The largest absolute Gasteiger partial charge is 0.395 e. The molecule has 0 aliphatic heterocycles. The Labute approximate surface area is 95.9 Å². The van der Waals surface area contributed by atoms with Gasteiger partial charge in [0.05, 0.1) is 6.61 Å². The van der Waals surface area contributed by atoms with Gasteiger partial charge in [0.15, 0.2) is 0 Å². The topological polar surface area (TPSA) is 20.2 Å². The molecule has 15 heavy (non-hydrogen) atoms. The average Bonchev–Trinajstić information content (AvgIpc) is 3.03. The Hall–Kier alpha value is -0.470. The first-order chi connectivity index (χ1) is 7.12. The minimum atomic E-state index is -0.122. The van der Waals surface area contributed by atoms with E-state index in [-0.39, 0.29) is 12.0 Å². The maximum atomic E-state index is 9.27. The fourth-order valence-electron chi connectivity index (χ4n) is 1.45. The molecule has 1 N–H and O–H groups in total. The summed E-state index contributed by atoms with van der Waals surface area (Å²) in [5, 5.41) is 10.1. The molecule has 0 heterocycles. The van der Waals surface area contributed by atoms with Gasteiger partial charge >= 0.3 is 0 Å². The van der Waals surface area contributed by atoms with Gasteiger partial charge in [-0.1, -0.05) is 26.0 Å². The molecule has 0 bridgehead atoms. The van der Waals surface area contributed by atoms with Crippen LogP contribution in [0.3, 0.4) is 0 Å². The zero-order chi connectivity index (χ0) is 10.9. The van der Waals surface area contributed by atoms with Crippen molar-refractivity contribution in [2.24, 2.45) is 0 Å². The van der Waals surface area contributed by atoms with Crippen molar-refractivity contribution >= 4 is 11.8 Å². The highest BCUT2D eigenvalue weighted by molar-refractivity contribution is 8.00. The monoisotopic (exact) mass is 222 g/mol. The fourth-order valence-corrected chi connectivity index (χ4v) is 2.50. The van der Waals surface area contributed by atoms with Crippen molar-refractivity contribution in [1.82, 2.24) is 0 Å². The molecule has 0 atom stereocenters. The van der Waals surface area contributed by atoms with Crippen molar-refractivity contribution in [2.75, 3.05) is 6.61 Å². The summed E-state index contributed by atoms with van der Waals surface area (Å²) >= 11 is 1.97. The fraction of sp³-hybridized carbons (Fsp3) is 0.538. The molecule has 1 aliphatic carbocycles. The van der Waals surface area contributed by atoms with Crippen molar-refractivity contribution in [2.45, 2.75) is 42.2 Å². The van der Waals surface area contributed by atoms with E-state index >= 15 is 0 Å². The zero-order valence-electron chi connectivity index (χ0n) is 9.36. The van der Waals surface area contributed by atoms with Gasteiger partial charge in [-0.25, -0.2) is 0 Å². The van der Waals surface area contributed by atoms with Crippen LogP contribution in [-0.4, -0.2) is 17.0 Å². The summed E-state index contributed by atoms with van der Waals surface area (Å²) in [6.07, 6.45) is 2.74. The Morgan fingerprint density at radius 2 is 1.87 bits per heavy atom. The van der Waals surface area contributed by atoms with E-state index in [9.17, 15) is 5.11 Å². The molecule has 1 aromatic rings. The highest BCUT2D eigenvalue weighted by Gasteiger charge is 2.23. The van der Waals surface area contributed by atoms with E-state index < -0.39 is 0 Å². The zero-order valence-corrected chi connectivity index (χ0v) is 10.2. The van der Waals surface area contributed by atoms with Gasteiger partial charge in [-0.15, -0.1) is 11.8 Å². The van der Waals surface area contributed by atoms with Crippen molar-refractivity contribution in [3.63, 3.8) is 0 Å². The predicted molar refractivity (Wildman–Crippen MR) is 65.4 cm³/mol. The third-order valence-electron chi connectivity index (χ3n) is 2.86. The molecule has 0 aromatic heterocycles. The summed E-state index contributed by atoms with van der Waals surface area (Å²) in [6, 6.07) is 8.63. The number of benzene rings is 1. The lowest BCUT2D eigenvalue weighted by atomic mass is 9.86. The Morgan fingerprint density at radius 1 is 1.27 bits per heavy atom. The lowest BCUT2D eigenvalue weighted by Gasteiger charge is -2.22. The Kier molecular flexibility index (Phi) is 3.08. The molecule has 2 rings (SSSR count). The SMILES string of the molecule is CC(C)(CO)c1ccc(SC2CC2)cc1. The first-order valence-corrected chi connectivity index (χ1v) is 6.38. The van der Waals surface area contributed by atoms with Gasteiger partial charge in [-0.2, -0.15) is 0 Å². The van der Waals surface area contributed by atoms with Crippen molar-refractivity contribution < 1.29 is 5.11 Å². The quantitative estimate of drug-likeness (QED) is 0.844. The maximum absolute atomic E-state index is 9.27. The first kappa shape index (κ1) is 11.0. The first-order valence-electron chi connectivity index (χ1n) is 5.50. The van der Waals surface area contributed by atoms with Gasteiger partial charge in [0.25, 0.3) is 0 Å². The molecule has 1 aromatic carbocycles. The maximum Gasteiger partial charge on any atom is 0.0522 e.